The fourth-order valence-corrected chi connectivity index (χ4v) is 4.51. The molecule has 0 fully saturated rings. The van der Waals surface area contributed by atoms with E-state index in [2.05, 4.69) is 44.8 Å². The highest BCUT2D eigenvalue weighted by atomic mass is 19.1. The van der Waals surface area contributed by atoms with Gasteiger partial charge in [-0.2, -0.15) is 0 Å². The summed E-state index contributed by atoms with van der Waals surface area (Å²) >= 11 is 0. The Morgan fingerprint density at radius 1 is 1.03 bits per heavy atom. The number of fused-ring (bicyclic) bond motifs is 2. The Morgan fingerprint density at radius 3 is 2.71 bits per heavy atom. The average Bonchev–Trinajstić information content (AvgIpc) is 2.85. The van der Waals surface area contributed by atoms with Crippen molar-refractivity contribution < 1.29 is 9.18 Å². The first-order chi connectivity index (χ1) is 16.6. The molecule has 1 aliphatic heterocycles. The van der Waals surface area contributed by atoms with Gasteiger partial charge < -0.3 is 10.6 Å². The maximum atomic E-state index is 14.5. The molecule has 4 aromatic rings. The second-order valence-corrected chi connectivity index (χ2v) is 8.70. The predicted molar refractivity (Wildman–Crippen MR) is 134 cm³/mol. The molecule has 5 nitrogen and oxygen atoms in total. The summed E-state index contributed by atoms with van der Waals surface area (Å²) in [5.41, 5.74) is 6.03. The van der Waals surface area contributed by atoms with Crippen LogP contribution < -0.4 is 10.6 Å². The Hall–Kier alpha value is -3.77. The van der Waals surface area contributed by atoms with Gasteiger partial charge in [-0.3, -0.25) is 14.7 Å². The van der Waals surface area contributed by atoms with Gasteiger partial charge in [-0.15, -0.1) is 0 Å². The smallest absolute Gasteiger partial charge is 0.254 e. The number of hydrogen-bond acceptors (Lipinski definition) is 4. The van der Waals surface area contributed by atoms with Crippen molar-refractivity contribution in [2.75, 3.05) is 25.0 Å². The van der Waals surface area contributed by atoms with Crippen molar-refractivity contribution in [3.05, 3.63) is 101 Å². The van der Waals surface area contributed by atoms with Crippen LogP contribution in [0, 0.1) is 12.7 Å². The molecule has 2 heterocycles. The van der Waals surface area contributed by atoms with Gasteiger partial charge in [0.05, 0.1) is 11.1 Å². The molecule has 0 saturated heterocycles. The molecule has 0 bridgehead atoms. The van der Waals surface area contributed by atoms with E-state index in [9.17, 15) is 9.18 Å². The second-order valence-electron chi connectivity index (χ2n) is 8.70. The molecule has 0 atom stereocenters. The van der Waals surface area contributed by atoms with Gasteiger partial charge in [-0.25, -0.2) is 4.39 Å². The monoisotopic (exact) mass is 454 g/mol. The van der Waals surface area contributed by atoms with Crippen LogP contribution in [0.3, 0.4) is 0 Å². The number of nitrogens with one attached hydrogen (secondary N) is 2. The van der Waals surface area contributed by atoms with Crippen LogP contribution in [0.5, 0.6) is 0 Å². The fourth-order valence-electron chi connectivity index (χ4n) is 4.51. The molecule has 0 radical (unpaired) electrons. The summed E-state index contributed by atoms with van der Waals surface area (Å²) in [6.07, 6.45) is 1.01. The highest BCUT2D eigenvalue weighted by Crippen LogP contribution is 2.27. The second kappa shape index (κ2) is 9.61. The first kappa shape index (κ1) is 22.0. The summed E-state index contributed by atoms with van der Waals surface area (Å²) < 4.78 is 14.5. The minimum Gasteiger partial charge on any atom is -0.355 e. The van der Waals surface area contributed by atoms with Crippen LogP contribution in [0.1, 0.15) is 27.2 Å². The summed E-state index contributed by atoms with van der Waals surface area (Å²) in [4.78, 5) is 19.6. The Balaban J connectivity index is 1.25. The number of halogens is 1. The van der Waals surface area contributed by atoms with Gasteiger partial charge in [0.25, 0.3) is 5.91 Å². The normalized spacial score (nSPS) is 13.5. The molecule has 5 rings (SSSR count). The lowest BCUT2D eigenvalue weighted by Gasteiger charge is -2.28. The molecule has 0 unspecified atom stereocenters. The SMILES string of the molecule is Cc1cc(Nc2ccc(F)c(C(=O)NCCN3CCc4ccccc4C3)c2)c2ccccc2n1. The van der Waals surface area contributed by atoms with E-state index in [0.29, 0.717) is 12.2 Å². The quantitative estimate of drug-likeness (QED) is 0.420. The van der Waals surface area contributed by atoms with E-state index in [1.54, 1.807) is 12.1 Å². The molecule has 1 amide bonds. The van der Waals surface area contributed by atoms with E-state index in [-0.39, 0.29) is 5.56 Å². The molecule has 3 aromatic carbocycles. The van der Waals surface area contributed by atoms with Crippen LogP contribution in [0.2, 0.25) is 0 Å². The first-order valence-corrected chi connectivity index (χ1v) is 11.6. The highest BCUT2D eigenvalue weighted by molar-refractivity contribution is 5.97. The Labute approximate surface area is 198 Å². The van der Waals surface area contributed by atoms with E-state index in [4.69, 9.17) is 0 Å². The number of rotatable bonds is 6. The molecule has 6 heteroatoms. The van der Waals surface area contributed by atoms with Crippen LogP contribution in [-0.4, -0.2) is 35.4 Å². The van der Waals surface area contributed by atoms with Crippen molar-refractivity contribution in [1.29, 1.82) is 0 Å². The number of aromatic nitrogens is 1. The van der Waals surface area contributed by atoms with Gasteiger partial charge in [-0.05, 0) is 54.8 Å². The lowest BCUT2D eigenvalue weighted by molar-refractivity contribution is 0.0943. The van der Waals surface area contributed by atoms with Gasteiger partial charge in [0.1, 0.15) is 5.82 Å². The van der Waals surface area contributed by atoms with E-state index < -0.39 is 11.7 Å². The summed E-state index contributed by atoms with van der Waals surface area (Å²) in [6, 6.07) is 22.8. The largest absolute Gasteiger partial charge is 0.355 e. The molecular weight excluding hydrogens is 427 g/mol. The van der Waals surface area contributed by atoms with Crippen LogP contribution in [0.4, 0.5) is 15.8 Å². The molecule has 0 aliphatic carbocycles. The van der Waals surface area contributed by atoms with E-state index in [0.717, 1.165) is 48.3 Å². The molecule has 172 valence electrons. The minimum atomic E-state index is -0.536. The van der Waals surface area contributed by atoms with Crippen molar-refractivity contribution in [2.45, 2.75) is 19.9 Å². The third kappa shape index (κ3) is 4.77. The number of aryl methyl sites for hydroxylation is 1. The molecule has 0 spiro atoms. The molecule has 1 aromatic heterocycles. The summed E-state index contributed by atoms with van der Waals surface area (Å²) in [6.45, 7) is 4.95. The summed E-state index contributed by atoms with van der Waals surface area (Å²) in [5, 5.41) is 7.18. The average molecular weight is 455 g/mol. The predicted octanol–water partition coefficient (Wildman–Crippen LogP) is 5.21. The van der Waals surface area contributed by atoms with Crippen LogP contribution in [0.15, 0.2) is 72.8 Å². The Morgan fingerprint density at radius 2 is 1.82 bits per heavy atom. The topological polar surface area (TPSA) is 57.3 Å². The number of carbonyl (C=O) groups excluding carboxylic acids is 1. The van der Waals surface area contributed by atoms with Gasteiger partial charge in [0.15, 0.2) is 0 Å². The lowest BCUT2D eigenvalue weighted by Crippen LogP contribution is -2.38. The van der Waals surface area contributed by atoms with Gasteiger partial charge >= 0.3 is 0 Å². The number of benzene rings is 3. The molecular formula is C28H27FN4O. The van der Waals surface area contributed by atoms with Crippen molar-refractivity contribution in [3.63, 3.8) is 0 Å². The van der Waals surface area contributed by atoms with Gasteiger partial charge in [-0.1, -0.05) is 42.5 Å². The van der Waals surface area contributed by atoms with Crippen molar-refractivity contribution in [2.24, 2.45) is 0 Å². The number of carbonyl (C=O) groups is 1. The standard InChI is InChI=1S/C28H27FN4O/c1-19-16-27(23-8-4-5-9-26(23)31-19)32-22-10-11-25(29)24(17-22)28(34)30-13-15-33-14-12-20-6-2-3-7-21(20)18-33/h2-11,16-17H,12-15,18H2,1H3,(H,30,34)(H,31,32). The number of para-hydroxylation sites is 1. The molecule has 34 heavy (non-hydrogen) atoms. The molecule has 1 aliphatic rings. The van der Waals surface area contributed by atoms with E-state index >= 15 is 0 Å². The maximum absolute atomic E-state index is 14.5. The van der Waals surface area contributed by atoms with E-state index in [1.807, 2.05) is 37.3 Å². The number of hydrogen-bond donors (Lipinski definition) is 2. The van der Waals surface area contributed by atoms with Crippen molar-refractivity contribution in [1.82, 2.24) is 15.2 Å². The Kier molecular flexibility index (Phi) is 6.23. The Bertz CT molecular complexity index is 1350. The zero-order chi connectivity index (χ0) is 23.5. The first-order valence-electron chi connectivity index (χ1n) is 11.6. The number of nitrogens with zero attached hydrogens (tertiary/aromatic N) is 2. The van der Waals surface area contributed by atoms with Gasteiger partial charge in [0, 0.05) is 48.6 Å². The lowest BCUT2D eigenvalue weighted by atomic mass is 10.00. The van der Waals surface area contributed by atoms with E-state index in [1.165, 1.54) is 17.2 Å². The summed E-state index contributed by atoms with van der Waals surface area (Å²) in [5.74, 6) is -0.944. The van der Waals surface area contributed by atoms with Crippen molar-refractivity contribution in [3.8, 4) is 0 Å². The van der Waals surface area contributed by atoms with Gasteiger partial charge in [0.2, 0.25) is 0 Å². The number of anilines is 2. The zero-order valence-electron chi connectivity index (χ0n) is 19.1. The third-order valence-electron chi connectivity index (χ3n) is 6.26. The highest BCUT2D eigenvalue weighted by Gasteiger charge is 2.17. The van der Waals surface area contributed by atoms with Crippen LogP contribution in [-0.2, 0) is 13.0 Å². The van der Waals surface area contributed by atoms with Crippen LogP contribution >= 0.6 is 0 Å². The van der Waals surface area contributed by atoms with Crippen molar-refractivity contribution >= 4 is 28.2 Å². The minimum absolute atomic E-state index is 0.0315. The number of pyridine rings is 1. The molecule has 0 saturated carbocycles. The van der Waals surface area contributed by atoms with Crippen LogP contribution in [0.25, 0.3) is 10.9 Å². The summed E-state index contributed by atoms with van der Waals surface area (Å²) in [7, 11) is 0. The zero-order valence-corrected chi connectivity index (χ0v) is 19.1. The fraction of sp³-hybridized carbons (Fsp3) is 0.214. The molecule has 2 N–H and O–H groups in total. The maximum Gasteiger partial charge on any atom is 0.254 e. The number of amides is 1. The third-order valence-corrected chi connectivity index (χ3v) is 6.26.